The van der Waals surface area contributed by atoms with Crippen LogP contribution in [0, 0.1) is 0 Å². The van der Waals surface area contributed by atoms with E-state index in [1.165, 1.54) is 36.3 Å². The molecule has 1 N–H and O–H groups in total. The minimum atomic E-state index is -0.341. The fraction of sp³-hybridized carbons (Fsp3) is 0.0233. The van der Waals surface area contributed by atoms with Crippen LogP contribution in [0.3, 0.4) is 0 Å². The van der Waals surface area contributed by atoms with Crippen molar-refractivity contribution in [3.63, 3.8) is 0 Å². The average molecular weight is 633 g/mol. The summed E-state index contributed by atoms with van der Waals surface area (Å²) in [5, 5.41) is 11.1. The number of nitrogens with zero attached hydrogens (tertiary/aromatic N) is 3. The van der Waals surface area contributed by atoms with E-state index < -0.39 is 0 Å². The second kappa shape index (κ2) is 10.8. The lowest BCUT2D eigenvalue weighted by molar-refractivity contribution is 0.680. The molecule has 10 rings (SSSR count). The number of aliphatic imine (C=N–C) groups is 2. The molecule has 0 radical (unpaired) electrons. The molecule has 0 saturated heterocycles. The Kier molecular flexibility index (Phi) is 6.08. The molecule has 1 unspecified atom stereocenters. The zero-order valence-corrected chi connectivity index (χ0v) is 26.7. The van der Waals surface area contributed by atoms with Crippen molar-refractivity contribution in [3.8, 4) is 5.69 Å². The maximum Gasteiger partial charge on any atom is 0.159 e. The van der Waals surface area contributed by atoms with Crippen LogP contribution in [0.25, 0.3) is 58.4 Å². The van der Waals surface area contributed by atoms with E-state index in [-0.39, 0.29) is 6.17 Å². The van der Waals surface area contributed by atoms with Gasteiger partial charge >= 0.3 is 0 Å². The van der Waals surface area contributed by atoms with E-state index in [9.17, 15) is 0 Å². The quantitative estimate of drug-likeness (QED) is 0.206. The van der Waals surface area contributed by atoms with Crippen LogP contribution in [0.5, 0.6) is 0 Å². The van der Waals surface area contributed by atoms with E-state index in [1.54, 1.807) is 0 Å². The molecule has 7 aromatic carbocycles. The summed E-state index contributed by atoms with van der Waals surface area (Å²) in [6.07, 6.45) is -0.341. The molecule has 3 heterocycles. The van der Waals surface area contributed by atoms with Gasteiger partial charge < -0.3 is 9.88 Å². The number of para-hydroxylation sites is 2. The predicted octanol–water partition coefficient (Wildman–Crippen LogP) is 10.8. The van der Waals surface area contributed by atoms with E-state index >= 15 is 0 Å². The molecule has 0 saturated carbocycles. The standard InChI is InChI=1S/C43H28N4S/c1-2-14-28(15-3-1)41-44-42(33-20-12-24-38-39(33)32-19-8-11-23-37(32)48-38)46-43(45-41)34-26-25-27-13-4-5-16-29(27)40(34)47-35-21-9-6-17-30(35)31-18-7-10-22-36(31)47/h1-26,42H,(H,44,45,46). The Balaban J connectivity index is 1.26. The van der Waals surface area contributed by atoms with Crippen LogP contribution in [0.15, 0.2) is 168 Å². The smallest absolute Gasteiger partial charge is 0.159 e. The summed E-state index contributed by atoms with van der Waals surface area (Å²) in [4.78, 5) is 10.6. The summed E-state index contributed by atoms with van der Waals surface area (Å²) in [7, 11) is 0. The third-order valence-electron chi connectivity index (χ3n) is 9.46. The van der Waals surface area contributed by atoms with Crippen LogP contribution < -0.4 is 5.32 Å². The summed E-state index contributed by atoms with van der Waals surface area (Å²) in [5.41, 5.74) is 6.58. The number of nitrogens with one attached hydrogen (secondary N) is 1. The molecule has 48 heavy (non-hydrogen) atoms. The first-order valence-electron chi connectivity index (χ1n) is 16.2. The van der Waals surface area contributed by atoms with Crippen LogP contribution >= 0.6 is 11.3 Å². The minimum Gasteiger partial charge on any atom is -0.344 e. The number of amidine groups is 2. The molecule has 0 fully saturated rings. The highest BCUT2D eigenvalue weighted by molar-refractivity contribution is 7.25. The van der Waals surface area contributed by atoms with Crippen LogP contribution in [0.4, 0.5) is 0 Å². The van der Waals surface area contributed by atoms with Gasteiger partial charge in [-0.1, -0.05) is 127 Å². The maximum absolute atomic E-state index is 5.31. The van der Waals surface area contributed by atoms with Crippen molar-refractivity contribution in [2.45, 2.75) is 6.17 Å². The minimum absolute atomic E-state index is 0.341. The Morgan fingerprint density at radius 3 is 1.98 bits per heavy atom. The van der Waals surface area contributed by atoms with Crippen LogP contribution in [-0.2, 0) is 0 Å². The van der Waals surface area contributed by atoms with Crippen molar-refractivity contribution in [2.75, 3.05) is 0 Å². The molecule has 1 atom stereocenters. The van der Waals surface area contributed by atoms with E-state index in [0.717, 1.165) is 44.6 Å². The van der Waals surface area contributed by atoms with Crippen molar-refractivity contribution < 1.29 is 0 Å². The van der Waals surface area contributed by atoms with Gasteiger partial charge in [-0.2, -0.15) is 0 Å². The highest BCUT2D eigenvalue weighted by atomic mass is 32.1. The Bertz CT molecular complexity index is 2720. The molecule has 2 aromatic heterocycles. The second-order valence-electron chi connectivity index (χ2n) is 12.2. The lowest BCUT2D eigenvalue weighted by Gasteiger charge is -2.26. The largest absolute Gasteiger partial charge is 0.344 e. The zero-order valence-electron chi connectivity index (χ0n) is 25.8. The Morgan fingerprint density at radius 1 is 0.542 bits per heavy atom. The molecular formula is C43H28N4S. The number of benzene rings is 7. The third-order valence-corrected chi connectivity index (χ3v) is 10.6. The molecule has 0 amide bonds. The zero-order chi connectivity index (χ0) is 31.6. The highest BCUT2D eigenvalue weighted by Crippen LogP contribution is 2.40. The topological polar surface area (TPSA) is 41.7 Å². The van der Waals surface area contributed by atoms with Gasteiger partial charge in [0.05, 0.1) is 16.7 Å². The van der Waals surface area contributed by atoms with E-state index in [1.807, 2.05) is 17.4 Å². The fourth-order valence-electron chi connectivity index (χ4n) is 7.34. The average Bonchev–Trinajstić information content (AvgIpc) is 3.70. The van der Waals surface area contributed by atoms with Gasteiger partial charge in [-0.15, -0.1) is 11.3 Å². The van der Waals surface area contributed by atoms with E-state index in [2.05, 4.69) is 162 Å². The van der Waals surface area contributed by atoms with E-state index in [4.69, 9.17) is 9.98 Å². The molecule has 5 heteroatoms. The first-order chi connectivity index (χ1) is 23.8. The number of fused-ring (bicyclic) bond motifs is 7. The van der Waals surface area contributed by atoms with Gasteiger partial charge in [0, 0.05) is 53.0 Å². The second-order valence-corrected chi connectivity index (χ2v) is 13.3. The van der Waals surface area contributed by atoms with Crippen LogP contribution in [-0.4, -0.2) is 16.2 Å². The van der Waals surface area contributed by atoms with Crippen LogP contribution in [0.1, 0.15) is 22.9 Å². The lowest BCUT2D eigenvalue weighted by atomic mass is 10.00. The van der Waals surface area contributed by atoms with Gasteiger partial charge in [0.25, 0.3) is 0 Å². The molecule has 0 spiro atoms. The van der Waals surface area contributed by atoms with Crippen molar-refractivity contribution in [1.82, 2.24) is 9.88 Å². The summed E-state index contributed by atoms with van der Waals surface area (Å²) < 4.78 is 4.95. The highest BCUT2D eigenvalue weighted by Gasteiger charge is 2.27. The maximum atomic E-state index is 5.31. The summed E-state index contributed by atoms with van der Waals surface area (Å²) >= 11 is 1.83. The number of hydrogen-bond donors (Lipinski definition) is 1. The van der Waals surface area contributed by atoms with Crippen molar-refractivity contribution in [3.05, 3.63) is 174 Å². The Labute approximate surface area is 281 Å². The lowest BCUT2D eigenvalue weighted by Crippen LogP contribution is -2.34. The summed E-state index contributed by atoms with van der Waals surface area (Å²) in [6, 6.07) is 56.0. The summed E-state index contributed by atoms with van der Waals surface area (Å²) in [5.74, 6) is 1.51. The van der Waals surface area contributed by atoms with Crippen LogP contribution in [0.2, 0.25) is 0 Å². The predicted molar refractivity (Wildman–Crippen MR) is 203 cm³/mol. The Hall–Kier alpha value is -6.04. The van der Waals surface area contributed by atoms with Crippen molar-refractivity contribution >= 4 is 75.8 Å². The van der Waals surface area contributed by atoms with E-state index in [0.29, 0.717) is 5.84 Å². The normalized spacial score (nSPS) is 14.9. The third kappa shape index (κ3) is 4.15. The number of thiophene rings is 1. The molecular weight excluding hydrogens is 605 g/mol. The molecule has 0 aliphatic carbocycles. The van der Waals surface area contributed by atoms with Gasteiger partial charge in [-0.25, -0.2) is 9.98 Å². The summed E-state index contributed by atoms with van der Waals surface area (Å²) in [6.45, 7) is 0. The van der Waals surface area contributed by atoms with Gasteiger partial charge in [0.1, 0.15) is 12.0 Å². The molecule has 0 bridgehead atoms. The Morgan fingerprint density at radius 2 is 1.19 bits per heavy atom. The van der Waals surface area contributed by atoms with Gasteiger partial charge in [-0.3, -0.25) is 0 Å². The molecule has 1 aliphatic rings. The number of rotatable bonds is 4. The van der Waals surface area contributed by atoms with Crippen molar-refractivity contribution in [2.24, 2.45) is 9.98 Å². The fourth-order valence-corrected chi connectivity index (χ4v) is 8.48. The van der Waals surface area contributed by atoms with Crippen molar-refractivity contribution in [1.29, 1.82) is 0 Å². The van der Waals surface area contributed by atoms with Gasteiger partial charge in [-0.05, 0) is 35.7 Å². The first kappa shape index (κ1) is 27.1. The van der Waals surface area contributed by atoms with Gasteiger partial charge in [0.15, 0.2) is 5.84 Å². The van der Waals surface area contributed by atoms with Gasteiger partial charge in [0.2, 0.25) is 0 Å². The molecule has 9 aromatic rings. The first-order valence-corrected chi connectivity index (χ1v) is 17.0. The SMILES string of the molecule is c1ccc(C2=NC(c3cccc4sc5ccccc5c34)NC(c3ccc4ccccc4c3-n3c4ccccc4c4ccccc43)=N2)cc1. The monoisotopic (exact) mass is 632 g/mol. The molecule has 1 aliphatic heterocycles. The number of aromatic nitrogens is 1. The number of hydrogen-bond acceptors (Lipinski definition) is 4. The molecule has 4 nitrogen and oxygen atoms in total. The molecule has 226 valence electrons.